The van der Waals surface area contributed by atoms with Gasteiger partial charge in [-0.15, -0.1) is 11.8 Å². The van der Waals surface area contributed by atoms with Crippen molar-refractivity contribution >= 4 is 29.8 Å². The number of amides is 4. The molecule has 1 aliphatic carbocycles. The van der Waals surface area contributed by atoms with Crippen LogP contribution in [0.1, 0.15) is 44.1 Å². The van der Waals surface area contributed by atoms with E-state index in [9.17, 15) is 14.4 Å². The molecule has 2 unspecified atom stereocenters. The van der Waals surface area contributed by atoms with Gasteiger partial charge >= 0.3 is 12.1 Å². The predicted octanol–water partition coefficient (Wildman–Crippen LogP) is 2.96. The molecule has 1 N–H and O–H groups in total. The van der Waals surface area contributed by atoms with Gasteiger partial charge in [-0.3, -0.25) is 14.6 Å². The van der Waals surface area contributed by atoms with Crippen LogP contribution in [-0.2, 0) is 16.1 Å². The van der Waals surface area contributed by atoms with Crippen molar-refractivity contribution in [2.75, 3.05) is 50.9 Å². The highest BCUT2D eigenvalue weighted by molar-refractivity contribution is 7.99. The van der Waals surface area contributed by atoms with Crippen LogP contribution in [0.3, 0.4) is 0 Å². The molecule has 1 aromatic carbocycles. The molecule has 202 valence electrons. The van der Waals surface area contributed by atoms with Gasteiger partial charge in [0.1, 0.15) is 12.6 Å². The summed E-state index contributed by atoms with van der Waals surface area (Å²) in [5.41, 5.74) is 0.924. The van der Waals surface area contributed by atoms with Gasteiger partial charge in [0.05, 0.1) is 5.88 Å². The van der Waals surface area contributed by atoms with Crippen molar-refractivity contribution in [3.8, 4) is 0 Å². The van der Waals surface area contributed by atoms with E-state index in [0.29, 0.717) is 38.0 Å². The Morgan fingerprint density at radius 3 is 2.41 bits per heavy atom. The van der Waals surface area contributed by atoms with Gasteiger partial charge in [0, 0.05) is 57.1 Å². The average Bonchev–Trinajstić information content (AvgIpc) is 3.64. The summed E-state index contributed by atoms with van der Waals surface area (Å²) in [4.78, 5) is 47.1. The van der Waals surface area contributed by atoms with Crippen molar-refractivity contribution in [2.45, 2.75) is 63.3 Å². The third kappa shape index (κ3) is 6.52. The third-order valence-electron chi connectivity index (χ3n) is 8.12. The maximum absolute atomic E-state index is 13.4. The second-order valence-corrected chi connectivity index (χ2v) is 11.6. The highest BCUT2D eigenvalue weighted by Crippen LogP contribution is 2.28. The molecule has 3 saturated heterocycles. The minimum absolute atomic E-state index is 0.0228. The van der Waals surface area contributed by atoms with Crippen molar-refractivity contribution in [1.29, 1.82) is 0 Å². The number of carbonyl (C=O) groups excluding carboxylic acids is 3. The zero-order valence-electron chi connectivity index (χ0n) is 21.6. The molecule has 37 heavy (non-hydrogen) atoms. The second kappa shape index (κ2) is 12.4. The number of rotatable bonds is 5. The van der Waals surface area contributed by atoms with Crippen LogP contribution >= 0.6 is 11.8 Å². The molecular formula is C27H39N5O4S. The fourth-order valence-corrected chi connectivity index (χ4v) is 6.87. The molecule has 4 aliphatic rings. The van der Waals surface area contributed by atoms with Crippen molar-refractivity contribution < 1.29 is 19.1 Å². The number of urea groups is 1. The van der Waals surface area contributed by atoms with E-state index >= 15 is 0 Å². The van der Waals surface area contributed by atoms with Crippen LogP contribution in [0.15, 0.2) is 30.3 Å². The predicted molar refractivity (Wildman–Crippen MR) is 143 cm³/mol. The van der Waals surface area contributed by atoms with Crippen molar-refractivity contribution in [2.24, 2.45) is 0 Å². The molecule has 0 aromatic heterocycles. The summed E-state index contributed by atoms with van der Waals surface area (Å²) in [6.07, 6.45) is 5.99. The molecule has 4 fully saturated rings. The fourth-order valence-electron chi connectivity index (χ4n) is 5.92. The van der Waals surface area contributed by atoms with E-state index in [1.807, 2.05) is 40.1 Å². The number of thioether (sulfide) groups is 1. The zero-order chi connectivity index (χ0) is 25.6. The first kappa shape index (κ1) is 26.2. The lowest BCUT2D eigenvalue weighted by molar-refractivity contribution is -0.134. The van der Waals surface area contributed by atoms with Crippen LogP contribution < -0.4 is 5.32 Å². The zero-order valence-corrected chi connectivity index (χ0v) is 22.4. The van der Waals surface area contributed by atoms with Crippen LogP contribution in [-0.4, -0.2) is 107 Å². The Morgan fingerprint density at radius 1 is 0.946 bits per heavy atom. The molecule has 9 nitrogen and oxygen atoms in total. The first-order valence-corrected chi connectivity index (χ1v) is 14.9. The Kier molecular flexibility index (Phi) is 8.76. The Balaban J connectivity index is 1.17. The van der Waals surface area contributed by atoms with E-state index in [4.69, 9.17) is 4.74 Å². The van der Waals surface area contributed by atoms with E-state index in [1.54, 1.807) is 16.7 Å². The molecule has 5 rings (SSSR count). The molecule has 4 amide bonds. The number of hydrogen-bond acceptors (Lipinski definition) is 6. The lowest BCUT2D eigenvalue weighted by atomic mass is 9.96. The first-order valence-electron chi connectivity index (χ1n) is 13.7. The number of hydrogen-bond donors (Lipinski definition) is 1. The largest absolute Gasteiger partial charge is 0.445 e. The van der Waals surface area contributed by atoms with Crippen LogP contribution in [0.2, 0.25) is 0 Å². The maximum atomic E-state index is 13.4. The average molecular weight is 530 g/mol. The maximum Gasteiger partial charge on any atom is 0.410 e. The molecule has 0 bridgehead atoms. The fraction of sp³-hybridized carbons (Fsp3) is 0.667. The highest BCUT2D eigenvalue weighted by atomic mass is 32.2. The van der Waals surface area contributed by atoms with E-state index < -0.39 is 12.1 Å². The molecule has 1 saturated carbocycles. The SMILES string of the molecule is O=C(NC1CCCCC1)N1CCN(C2CC(C(=O)N3CCSC3)N(C(=O)OCc3ccccc3)C2)CC1. The van der Waals surface area contributed by atoms with E-state index in [1.165, 1.54) is 19.3 Å². The van der Waals surface area contributed by atoms with Crippen molar-refractivity contribution in [1.82, 2.24) is 24.9 Å². The molecule has 3 heterocycles. The Bertz CT molecular complexity index is 930. The molecule has 10 heteroatoms. The number of ether oxygens (including phenoxy) is 1. The molecule has 1 aromatic rings. The summed E-state index contributed by atoms with van der Waals surface area (Å²) in [7, 11) is 0. The smallest absolute Gasteiger partial charge is 0.410 e. The highest BCUT2D eigenvalue weighted by Gasteiger charge is 2.45. The Hall–Kier alpha value is -2.46. The molecule has 3 aliphatic heterocycles. The number of nitrogens with one attached hydrogen (secondary N) is 1. The van der Waals surface area contributed by atoms with E-state index in [0.717, 1.165) is 43.8 Å². The monoisotopic (exact) mass is 529 g/mol. The summed E-state index contributed by atoms with van der Waals surface area (Å²) < 4.78 is 5.64. The number of carbonyl (C=O) groups is 3. The van der Waals surface area contributed by atoms with Crippen LogP contribution in [0.4, 0.5) is 9.59 Å². The second-order valence-electron chi connectivity index (χ2n) is 10.5. The van der Waals surface area contributed by atoms with Gasteiger partial charge in [0.25, 0.3) is 0 Å². The van der Waals surface area contributed by atoms with Gasteiger partial charge in [0.15, 0.2) is 0 Å². The normalized spacial score (nSPS) is 25.4. The van der Waals surface area contributed by atoms with Crippen LogP contribution in [0, 0.1) is 0 Å². The van der Waals surface area contributed by atoms with Gasteiger partial charge in [-0.25, -0.2) is 9.59 Å². The van der Waals surface area contributed by atoms with Gasteiger partial charge < -0.3 is 19.9 Å². The third-order valence-corrected chi connectivity index (χ3v) is 9.08. The molecule has 0 radical (unpaired) electrons. The van der Waals surface area contributed by atoms with Crippen molar-refractivity contribution in [3.05, 3.63) is 35.9 Å². The quantitative estimate of drug-likeness (QED) is 0.631. The van der Waals surface area contributed by atoms with E-state index in [-0.39, 0.29) is 24.6 Å². The summed E-state index contributed by atoms with van der Waals surface area (Å²) in [6.45, 7) is 4.21. The number of likely N-dealkylation sites (tertiary alicyclic amines) is 1. The molecule has 2 atom stereocenters. The van der Waals surface area contributed by atoms with Gasteiger partial charge in [0.2, 0.25) is 5.91 Å². The van der Waals surface area contributed by atoms with Gasteiger partial charge in [-0.05, 0) is 24.8 Å². The summed E-state index contributed by atoms with van der Waals surface area (Å²) >= 11 is 1.75. The van der Waals surface area contributed by atoms with Gasteiger partial charge in [-0.1, -0.05) is 49.6 Å². The topological polar surface area (TPSA) is 85.4 Å². The number of piperazine rings is 1. The molecule has 0 spiro atoms. The Morgan fingerprint density at radius 2 is 1.70 bits per heavy atom. The number of benzene rings is 1. The van der Waals surface area contributed by atoms with E-state index in [2.05, 4.69) is 10.2 Å². The minimum Gasteiger partial charge on any atom is -0.445 e. The minimum atomic E-state index is -0.500. The lowest BCUT2D eigenvalue weighted by Crippen LogP contribution is -2.56. The van der Waals surface area contributed by atoms with Crippen LogP contribution in [0.25, 0.3) is 0 Å². The van der Waals surface area contributed by atoms with Crippen molar-refractivity contribution in [3.63, 3.8) is 0 Å². The summed E-state index contributed by atoms with van der Waals surface area (Å²) in [6, 6.07) is 9.55. The standard InChI is InChI=1S/C27H39N5O4S/c33-25(31-15-16-37-20-31)24-17-23(18-32(24)27(35)36-19-21-7-3-1-4-8-21)29-11-13-30(14-12-29)26(34)28-22-9-5-2-6-10-22/h1,3-4,7-8,22-24H,2,5-6,9-20H2,(H,28,34). The summed E-state index contributed by atoms with van der Waals surface area (Å²) in [5, 5.41) is 3.22. The first-order chi connectivity index (χ1) is 18.1. The lowest BCUT2D eigenvalue weighted by Gasteiger charge is -2.38. The van der Waals surface area contributed by atoms with Crippen LogP contribution in [0.5, 0.6) is 0 Å². The summed E-state index contributed by atoms with van der Waals surface area (Å²) in [5.74, 6) is 1.64. The van der Waals surface area contributed by atoms with Gasteiger partial charge in [-0.2, -0.15) is 0 Å². The number of nitrogens with zero attached hydrogens (tertiary/aromatic N) is 4. The molecular weight excluding hydrogens is 490 g/mol. The Labute approximate surface area is 223 Å².